The van der Waals surface area contributed by atoms with E-state index in [1.807, 2.05) is 25.9 Å². The third-order valence-electron chi connectivity index (χ3n) is 3.53. The van der Waals surface area contributed by atoms with Crippen molar-refractivity contribution in [2.45, 2.75) is 39.2 Å². The Morgan fingerprint density at radius 3 is 2.47 bits per heavy atom. The maximum atomic E-state index is 4.47. The van der Waals surface area contributed by atoms with Gasteiger partial charge in [0, 0.05) is 26.7 Å². The van der Waals surface area contributed by atoms with Crippen molar-refractivity contribution in [2.24, 2.45) is 5.92 Å². The molecule has 1 aliphatic carbocycles. The van der Waals surface area contributed by atoms with E-state index in [4.69, 9.17) is 0 Å². The Morgan fingerprint density at radius 2 is 1.89 bits per heavy atom. The minimum Gasteiger partial charge on any atom is -0.354 e. The molecule has 0 aliphatic heterocycles. The molecule has 1 aromatic rings. The Hall–Kier alpha value is -1.59. The van der Waals surface area contributed by atoms with Crippen LogP contribution in [0.2, 0.25) is 0 Å². The fourth-order valence-corrected chi connectivity index (χ4v) is 2.39. The molecule has 2 atom stereocenters. The Bertz CT molecular complexity index is 420. The highest BCUT2D eigenvalue weighted by molar-refractivity contribution is 5.43. The van der Waals surface area contributed by atoms with Crippen molar-refractivity contribution in [1.82, 2.24) is 15.0 Å². The molecule has 106 valence electrons. The topological polar surface area (TPSA) is 66.0 Å². The van der Waals surface area contributed by atoms with Crippen molar-refractivity contribution in [2.75, 3.05) is 36.2 Å². The van der Waals surface area contributed by atoms with E-state index in [2.05, 4.69) is 32.5 Å². The fourth-order valence-electron chi connectivity index (χ4n) is 2.39. The largest absolute Gasteiger partial charge is 0.354 e. The molecule has 0 aromatic carbocycles. The van der Waals surface area contributed by atoms with Crippen molar-refractivity contribution >= 4 is 17.8 Å². The lowest BCUT2D eigenvalue weighted by Gasteiger charge is -2.19. The highest BCUT2D eigenvalue weighted by atomic mass is 15.3. The van der Waals surface area contributed by atoms with Crippen LogP contribution in [0, 0.1) is 5.92 Å². The summed E-state index contributed by atoms with van der Waals surface area (Å²) in [5, 5.41) is 6.61. The minimum atomic E-state index is 0.479. The Morgan fingerprint density at radius 1 is 1.16 bits per heavy atom. The summed E-state index contributed by atoms with van der Waals surface area (Å²) in [6.45, 7) is 5.12. The highest BCUT2D eigenvalue weighted by Crippen LogP contribution is 2.27. The molecular weight excluding hydrogens is 240 g/mol. The first-order valence-corrected chi connectivity index (χ1v) is 7.04. The smallest absolute Gasteiger partial charge is 0.231 e. The van der Waals surface area contributed by atoms with Crippen molar-refractivity contribution in [3.8, 4) is 0 Å². The van der Waals surface area contributed by atoms with Gasteiger partial charge in [0.15, 0.2) is 0 Å². The molecule has 2 N–H and O–H groups in total. The molecule has 6 nitrogen and oxygen atoms in total. The molecule has 0 spiro atoms. The maximum Gasteiger partial charge on any atom is 0.231 e. The Kier molecular flexibility index (Phi) is 4.39. The number of anilines is 3. The molecule has 0 radical (unpaired) electrons. The van der Waals surface area contributed by atoms with E-state index < -0.39 is 0 Å². The number of nitrogens with one attached hydrogen (secondary N) is 2. The average Bonchev–Trinajstić information content (AvgIpc) is 2.75. The summed E-state index contributed by atoms with van der Waals surface area (Å²) in [7, 11) is 3.88. The number of hydrogen-bond donors (Lipinski definition) is 2. The lowest BCUT2D eigenvalue weighted by molar-refractivity contribution is 0.553. The van der Waals surface area contributed by atoms with Crippen LogP contribution in [0.1, 0.15) is 33.1 Å². The number of rotatable bonds is 5. The first-order chi connectivity index (χ1) is 9.10. The molecule has 19 heavy (non-hydrogen) atoms. The zero-order chi connectivity index (χ0) is 13.8. The quantitative estimate of drug-likeness (QED) is 0.847. The molecule has 6 heteroatoms. The predicted molar refractivity (Wildman–Crippen MR) is 78.7 cm³/mol. The van der Waals surface area contributed by atoms with E-state index in [1.165, 1.54) is 19.3 Å². The molecule has 2 unspecified atom stereocenters. The summed E-state index contributed by atoms with van der Waals surface area (Å²) < 4.78 is 0. The third-order valence-corrected chi connectivity index (χ3v) is 3.53. The van der Waals surface area contributed by atoms with E-state index in [0.29, 0.717) is 29.8 Å². The fraction of sp³-hybridized carbons (Fsp3) is 0.769. The van der Waals surface area contributed by atoms with Gasteiger partial charge in [0.05, 0.1) is 0 Å². The van der Waals surface area contributed by atoms with Crippen LogP contribution in [0.4, 0.5) is 17.8 Å². The van der Waals surface area contributed by atoms with Gasteiger partial charge in [-0.3, -0.25) is 0 Å². The van der Waals surface area contributed by atoms with Crippen LogP contribution in [0.3, 0.4) is 0 Å². The van der Waals surface area contributed by atoms with Crippen LogP contribution in [0.5, 0.6) is 0 Å². The van der Waals surface area contributed by atoms with Crippen LogP contribution >= 0.6 is 0 Å². The van der Waals surface area contributed by atoms with Gasteiger partial charge in [-0.05, 0) is 25.7 Å². The van der Waals surface area contributed by atoms with Gasteiger partial charge in [-0.25, -0.2) is 0 Å². The van der Waals surface area contributed by atoms with Gasteiger partial charge in [-0.1, -0.05) is 13.3 Å². The monoisotopic (exact) mass is 264 g/mol. The van der Waals surface area contributed by atoms with E-state index in [-0.39, 0.29) is 0 Å². The van der Waals surface area contributed by atoms with Gasteiger partial charge < -0.3 is 15.5 Å². The molecule has 0 saturated heterocycles. The van der Waals surface area contributed by atoms with Crippen LogP contribution in [0.25, 0.3) is 0 Å². The SMILES string of the molecule is CCNc1nc(NC2CCCC2C)nc(N(C)C)n1. The molecule has 1 aliphatic rings. The Balaban J connectivity index is 2.18. The molecular formula is C13H24N6. The second-order valence-electron chi connectivity index (χ2n) is 5.37. The molecule has 1 aromatic heterocycles. The van der Waals surface area contributed by atoms with Crippen LogP contribution in [-0.2, 0) is 0 Å². The second kappa shape index (κ2) is 6.04. The highest BCUT2D eigenvalue weighted by Gasteiger charge is 2.24. The molecule has 0 amide bonds. The predicted octanol–water partition coefficient (Wildman–Crippen LogP) is 1.97. The molecule has 1 heterocycles. The van der Waals surface area contributed by atoms with E-state index in [0.717, 1.165) is 6.54 Å². The van der Waals surface area contributed by atoms with Crippen molar-refractivity contribution in [1.29, 1.82) is 0 Å². The first kappa shape index (κ1) is 13.8. The zero-order valence-corrected chi connectivity index (χ0v) is 12.3. The maximum absolute atomic E-state index is 4.47. The van der Waals surface area contributed by atoms with Gasteiger partial charge in [0.1, 0.15) is 0 Å². The minimum absolute atomic E-state index is 0.479. The number of nitrogens with zero attached hydrogens (tertiary/aromatic N) is 4. The summed E-state index contributed by atoms with van der Waals surface area (Å²) in [6.07, 6.45) is 3.76. The van der Waals surface area contributed by atoms with E-state index >= 15 is 0 Å². The standard InChI is InChI=1S/C13H24N6/c1-5-14-11-16-12(18-13(17-11)19(3)4)15-10-8-6-7-9(10)2/h9-10H,5-8H2,1-4H3,(H2,14,15,16,17,18). The van der Waals surface area contributed by atoms with Crippen LogP contribution in [-0.4, -0.2) is 41.6 Å². The summed E-state index contributed by atoms with van der Waals surface area (Å²) in [5.74, 6) is 2.67. The van der Waals surface area contributed by atoms with Gasteiger partial charge in [0.25, 0.3) is 0 Å². The first-order valence-electron chi connectivity index (χ1n) is 7.04. The van der Waals surface area contributed by atoms with Crippen LogP contribution < -0.4 is 15.5 Å². The molecule has 1 saturated carbocycles. The van der Waals surface area contributed by atoms with Crippen molar-refractivity contribution in [3.05, 3.63) is 0 Å². The molecule has 2 rings (SSSR count). The Labute approximate surface area is 115 Å². The van der Waals surface area contributed by atoms with Crippen molar-refractivity contribution < 1.29 is 0 Å². The third kappa shape index (κ3) is 3.45. The lowest BCUT2D eigenvalue weighted by atomic mass is 10.1. The summed E-state index contributed by atoms with van der Waals surface area (Å²) in [4.78, 5) is 15.2. The molecule has 0 bridgehead atoms. The second-order valence-corrected chi connectivity index (χ2v) is 5.37. The van der Waals surface area contributed by atoms with E-state index in [9.17, 15) is 0 Å². The normalized spacial score (nSPS) is 22.3. The number of aromatic nitrogens is 3. The van der Waals surface area contributed by atoms with Crippen molar-refractivity contribution in [3.63, 3.8) is 0 Å². The average molecular weight is 264 g/mol. The molecule has 1 fully saturated rings. The van der Waals surface area contributed by atoms with Gasteiger partial charge in [-0.15, -0.1) is 0 Å². The van der Waals surface area contributed by atoms with Gasteiger partial charge in [0.2, 0.25) is 17.8 Å². The van der Waals surface area contributed by atoms with E-state index in [1.54, 1.807) is 0 Å². The number of hydrogen-bond acceptors (Lipinski definition) is 6. The summed E-state index contributed by atoms with van der Waals surface area (Å²) in [5.41, 5.74) is 0. The van der Waals surface area contributed by atoms with Gasteiger partial charge in [-0.2, -0.15) is 15.0 Å². The summed E-state index contributed by atoms with van der Waals surface area (Å²) in [6, 6.07) is 0.479. The zero-order valence-electron chi connectivity index (χ0n) is 12.3. The van der Waals surface area contributed by atoms with Gasteiger partial charge >= 0.3 is 0 Å². The summed E-state index contributed by atoms with van der Waals surface area (Å²) >= 11 is 0. The van der Waals surface area contributed by atoms with Crippen LogP contribution in [0.15, 0.2) is 0 Å². The lowest BCUT2D eigenvalue weighted by Crippen LogP contribution is -2.25.